The second kappa shape index (κ2) is 4.13. The van der Waals surface area contributed by atoms with Crippen molar-refractivity contribution in [2.24, 2.45) is 5.73 Å². The van der Waals surface area contributed by atoms with E-state index in [0.717, 1.165) is 16.1 Å². The van der Waals surface area contributed by atoms with Gasteiger partial charge >= 0.3 is 0 Å². The van der Waals surface area contributed by atoms with E-state index in [4.69, 9.17) is 17.3 Å². The summed E-state index contributed by atoms with van der Waals surface area (Å²) in [5.41, 5.74) is 9.13. The summed E-state index contributed by atoms with van der Waals surface area (Å²) in [6.45, 7) is 0.544. The van der Waals surface area contributed by atoms with Crippen LogP contribution in [0.3, 0.4) is 0 Å². The maximum atomic E-state index is 5.95. The Hall–Kier alpha value is -0.830. The molecule has 3 heteroatoms. The molecular formula is C11H10ClNS. The van der Waals surface area contributed by atoms with Gasteiger partial charge < -0.3 is 5.73 Å². The summed E-state index contributed by atoms with van der Waals surface area (Å²) in [4.78, 5) is 0. The molecule has 2 rings (SSSR count). The van der Waals surface area contributed by atoms with Gasteiger partial charge in [-0.05, 0) is 45.6 Å². The summed E-state index contributed by atoms with van der Waals surface area (Å²) < 4.78 is 0. The lowest BCUT2D eigenvalue weighted by molar-refractivity contribution is 1.07. The average Bonchev–Trinajstić information content (AvgIpc) is 2.70. The van der Waals surface area contributed by atoms with Crippen LogP contribution in [0.5, 0.6) is 0 Å². The fourth-order valence-electron chi connectivity index (χ4n) is 1.41. The van der Waals surface area contributed by atoms with Gasteiger partial charge in [-0.15, -0.1) is 0 Å². The standard InChI is InChI=1S/C11H10ClNS/c12-10-2-1-8(6-13)11(5-10)9-3-4-14-7-9/h1-5,7H,6,13H2. The molecule has 0 spiro atoms. The third-order valence-electron chi connectivity index (χ3n) is 2.12. The van der Waals surface area contributed by atoms with Crippen LogP contribution in [0.4, 0.5) is 0 Å². The molecule has 0 saturated carbocycles. The van der Waals surface area contributed by atoms with Gasteiger partial charge in [0.1, 0.15) is 0 Å². The fourth-order valence-corrected chi connectivity index (χ4v) is 2.24. The lowest BCUT2D eigenvalue weighted by Gasteiger charge is -2.06. The quantitative estimate of drug-likeness (QED) is 0.828. The molecule has 0 saturated heterocycles. The predicted octanol–water partition coefficient (Wildman–Crippen LogP) is 3.53. The molecular weight excluding hydrogens is 214 g/mol. The predicted molar refractivity (Wildman–Crippen MR) is 62.7 cm³/mol. The van der Waals surface area contributed by atoms with Gasteiger partial charge in [0.15, 0.2) is 0 Å². The Kier molecular flexibility index (Phi) is 2.87. The average molecular weight is 224 g/mol. The first-order valence-corrected chi connectivity index (χ1v) is 5.64. The summed E-state index contributed by atoms with van der Waals surface area (Å²) in [6.07, 6.45) is 0. The minimum absolute atomic E-state index is 0.544. The van der Waals surface area contributed by atoms with E-state index in [2.05, 4.69) is 16.8 Å². The molecule has 0 aliphatic rings. The van der Waals surface area contributed by atoms with Crippen molar-refractivity contribution in [3.8, 4) is 11.1 Å². The number of benzene rings is 1. The first kappa shape index (κ1) is 9.71. The molecule has 0 atom stereocenters. The summed E-state index contributed by atoms with van der Waals surface area (Å²) >= 11 is 7.63. The van der Waals surface area contributed by atoms with E-state index in [0.29, 0.717) is 6.54 Å². The third kappa shape index (κ3) is 1.82. The second-order valence-corrected chi connectivity index (χ2v) is 4.23. The van der Waals surface area contributed by atoms with E-state index in [1.165, 1.54) is 5.56 Å². The van der Waals surface area contributed by atoms with Crippen LogP contribution in [0, 0.1) is 0 Å². The van der Waals surface area contributed by atoms with E-state index in [1.54, 1.807) is 11.3 Å². The van der Waals surface area contributed by atoms with Crippen LogP contribution in [-0.2, 0) is 6.54 Å². The summed E-state index contributed by atoms with van der Waals surface area (Å²) in [6, 6.07) is 7.90. The lowest BCUT2D eigenvalue weighted by Crippen LogP contribution is -1.98. The van der Waals surface area contributed by atoms with Gasteiger partial charge in [-0.25, -0.2) is 0 Å². The number of hydrogen-bond donors (Lipinski definition) is 1. The molecule has 1 nitrogen and oxygen atoms in total. The molecule has 14 heavy (non-hydrogen) atoms. The largest absolute Gasteiger partial charge is 0.326 e. The first-order valence-electron chi connectivity index (χ1n) is 4.32. The molecule has 0 radical (unpaired) electrons. The SMILES string of the molecule is NCc1ccc(Cl)cc1-c1ccsc1. The molecule has 1 heterocycles. The van der Waals surface area contributed by atoms with Crippen molar-refractivity contribution in [3.05, 3.63) is 45.6 Å². The zero-order valence-electron chi connectivity index (χ0n) is 7.53. The van der Waals surface area contributed by atoms with Crippen molar-refractivity contribution in [3.63, 3.8) is 0 Å². The van der Waals surface area contributed by atoms with Crippen molar-refractivity contribution in [1.82, 2.24) is 0 Å². The van der Waals surface area contributed by atoms with Crippen LogP contribution in [0.25, 0.3) is 11.1 Å². The zero-order valence-corrected chi connectivity index (χ0v) is 9.11. The second-order valence-electron chi connectivity index (χ2n) is 3.02. The van der Waals surface area contributed by atoms with E-state index >= 15 is 0 Å². The van der Waals surface area contributed by atoms with Gasteiger partial charge in [-0.2, -0.15) is 11.3 Å². The van der Waals surface area contributed by atoms with Gasteiger partial charge in [0.2, 0.25) is 0 Å². The highest BCUT2D eigenvalue weighted by molar-refractivity contribution is 7.08. The molecule has 72 valence electrons. The Morgan fingerprint density at radius 3 is 2.79 bits per heavy atom. The van der Waals surface area contributed by atoms with Crippen molar-refractivity contribution < 1.29 is 0 Å². The summed E-state index contributed by atoms with van der Waals surface area (Å²) in [5.74, 6) is 0. The van der Waals surface area contributed by atoms with Crippen molar-refractivity contribution in [2.45, 2.75) is 6.54 Å². The van der Waals surface area contributed by atoms with Crippen LogP contribution in [0.2, 0.25) is 5.02 Å². The Bertz CT molecular complexity index is 423. The van der Waals surface area contributed by atoms with Crippen LogP contribution in [0.15, 0.2) is 35.0 Å². The number of nitrogens with two attached hydrogens (primary N) is 1. The normalized spacial score (nSPS) is 10.4. The highest BCUT2D eigenvalue weighted by atomic mass is 35.5. The molecule has 0 bridgehead atoms. The van der Waals surface area contributed by atoms with Crippen molar-refractivity contribution in [2.75, 3.05) is 0 Å². The van der Waals surface area contributed by atoms with Crippen LogP contribution in [0.1, 0.15) is 5.56 Å². The topological polar surface area (TPSA) is 26.0 Å². The lowest BCUT2D eigenvalue weighted by atomic mass is 10.0. The smallest absolute Gasteiger partial charge is 0.0412 e. The van der Waals surface area contributed by atoms with Gasteiger partial charge in [-0.3, -0.25) is 0 Å². The molecule has 1 aromatic heterocycles. The third-order valence-corrected chi connectivity index (χ3v) is 3.04. The molecule has 0 fully saturated rings. The highest BCUT2D eigenvalue weighted by Crippen LogP contribution is 2.28. The number of hydrogen-bond acceptors (Lipinski definition) is 2. The Balaban J connectivity index is 2.55. The highest BCUT2D eigenvalue weighted by Gasteiger charge is 2.04. The van der Waals surface area contributed by atoms with Crippen molar-refractivity contribution >= 4 is 22.9 Å². The van der Waals surface area contributed by atoms with Crippen LogP contribution in [-0.4, -0.2) is 0 Å². The number of rotatable bonds is 2. The number of thiophene rings is 1. The van der Waals surface area contributed by atoms with E-state index in [9.17, 15) is 0 Å². The maximum absolute atomic E-state index is 5.95. The van der Waals surface area contributed by atoms with E-state index in [1.807, 2.05) is 18.2 Å². The van der Waals surface area contributed by atoms with Gasteiger partial charge in [0, 0.05) is 11.6 Å². The van der Waals surface area contributed by atoms with Gasteiger partial charge in [0.05, 0.1) is 0 Å². The Morgan fingerprint density at radius 2 is 2.14 bits per heavy atom. The summed E-state index contributed by atoms with van der Waals surface area (Å²) in [5, 5.41) is 4.91. The first-order chi connectivity index (χ1) is 6.81. The molecule has 0 aliphatic heterocycles. The Morgan fingerprint density at radius 1 is 1.29 bits per heavy atom. The molecule has 1 aromatic carbocycles. The van der Waals surface area contributed by atoms with Crippen LogP contribution >= 0.6 is 22.9 Å². The maximum Gasteiger partial charge on any atom is 0.0412 e. The van der Waals surface area contributed by atoms with Crippen molar-refractivity contribution in [1.29, 1.82) is 0 Å². The monoisotopic (exact) mass is 223 g/mol. The molecule has 0 amide bonds. The fraction of sp³-hybridized carbons (Fsp3) is 0.0909. The van der Waals surface area contributed by atoms with E-state index in [-0.39, 0.29) is 0 Å². The molecule has 2 N–H and O–H groups in total. The minimum atomic E-state index is 0.544. The molecule has 0 aliphatic carbocycles. The number of halogens is 1. The molecule has 0 unspecified atom stereocenters. The molecule has 2 aromatic rings. The van der Waals surface area contributed by atoms with Gasteiger partial charge in [0.25, 0.3) is 0 Å². The van der Waals surface area contributed by atoms with E-state index < -0.39 is 0 Å². The minimum Gasteiger partial charge on any atom is -0.326 e. The Labute approximate surface area is 92.1 Å². The zero-order chi connectivity index (χ0) is 9.97. The summed E-state index contributed by atoms with van der Waals surface area (Å²) in [7, 11) is 0. The van der Waals surface area contributed by atoms with Crippen LogP contribution < -0.4 is 5.73 Å². The van der Waals surface area contributed by atoms with Gasteiger partial charge in [-0.1, -0.05) is 17.7 Å².